The first-order valence-electron chi connectivity index (χ1n) is 9.29. The SMILES string of the molecule is CN=C(NCCCCCC(=O)OC)N1CCC(Cc2ccccc2)C1. The molecule has 138 valence electrons. The highest BCUT2D eigenvalue weighted by Crippen LogP contribution is 2.20. The second-order valence-corrected chi connectivity index (χ2v) is 6.65. The van der Waals surface area contributed by atoms with Gasteiger partial charge in [-0.3, -0.25) is 9.79 Å². The fraction of sp³-hybridized carbons (Fsp3) is 0.600. The third-order valence-electron chi connectivity index (χ3n) is 4.73. The predicted molar refractivity (Wildman–Crippen MR) is 102 cm³/mol. The summed E-state index contributed by atoms with van der Waals surface area (Å²) in [7, 11) is 3.29. The van der Waals surface area contributed by atoms with Crippen molar-refractivity contribution in [1.82, 2.24) is 10.2 Å². The van der Waals surface area contributed by atoms with Crippen LogP contribution in [0.25, 0.3) is 0 Å². The van der Waals surface area contributed by atoms with Gasteiger partial charge in [-0.15, -0.1) is 0 Å². The van der Waals surface area contributed by atoms with Crippen molar-refractivity contribution in [1.29, 1.82) is 0 Å². The van der Waals surface area contributed by atoms with Crippen molar-refractivity contribution in [2.75, 3.05) is 33.8 Å². The fourth-order valence-corrected chi connectivity index (χ4v) is 3.34. The van der Waals surface area contributed by atoms with Crippen molar-refractivity contribution in [3.63, 3.8) is 0 Å². The Kier molecular flexibility index (Phi) is 8.29. The van der Waals surface area contributed by atoms with Gasteiger partial charge >= 0.3 is 5.97 Å². The summed E-state index contributed by atoms with van der Waals surface area (Å²) in [6, 6.07) is 10.7. The smallest absolute Gasteiger partial charge is 0.305 e. The van der Waals surface area contributed by atoms with Gasteiger partial charge in [0.1, 0.15) is 0 Å². The zero-order chi connectivity index (χ0) is 17.9. The van der Waals surface area contributed by atoms with Gasteiger partial charge in [0.25, 0.3) is 0 Å². The minimum absolute atomic E-state index is 0.120. The molecule has 0 radical (unpaired) electrons. The second-order valence-electron chi connectivity index (χ2n) is 6.65. The van der Waals surface area contributed by atoms with Crippen LogP contribution in [0.5, 0.6) is 0 Å². The number of hydrogen-bond acceptors (Lipinski definition) is 3. The van der Waals surface area contributed by atoms with E-state index in [1.165, 1.54) is 19.1 Å². The van der Waals surface area contributed by atoms with Gasteiger partial charge in [-0.05, 0) is 37.2 Å². The topological polar surface area (TPSA) is 53.9 Å². The van der Waals surface area contributed by atoms with Crippen LogP contribution < -0.4 is 5.32 Å². The maximum atomic E-state index is 11.1. The van der Waals surface area contributed by atoms with Gasteiger partial charge < -0.3 is 15.0 Å². The van der Waals surface area contributed by atoms with E-state index in [2.05, 4.69) is 50.3 Å². The van der Waals surface area contributed by atoms with E-state index in [9.17, 15) is 4.79 Å². The van der Waals surface area contributed by atoms with E-state index in [-0.39, 0.29) is 5.97 Å². The van der Waals surface area contributed by atoms with E-state index in [0.29, 0.717) is 12.3 Å². The van der Waals surface area contributed by atoms with Gasteiger partial charge in [0.05, 0.1) is 7.11 Å². The lowest BCUT2D eigenvalue weighted by atomic mass is 9.99. The lowest BCUT2D eigenvalue weighted by molar-refractivity contribution is -0.140. The van der Waals surface area contributed by atoms with Gasteiger partial charge in [-0.25, -0.2) is 0 Å². The molecule has 25 heavy (non-hydrogen) atoms. The molecule has 0 spiro atoms. The van der Waals surface area contributed by atoms with Crippen molar-refractivity contribution in [3.8, 4) is 0 Å². The number of unbranched alkanes of at least 4 members (excludes halogenated alkanes) is 2. The maximum Gasteiger partial charge on any atom is 0.305 e. The number of nitrogens with zero attached hydrogens (tertiary/aromatic N) is 2. The van der Waals surface area contributed by atoms with Gasteiger partial charge in [-0.2, -0.15) is 0 Å². The number of carbonyl (C=O) groups excluding carboxylic acids is 1. The molecule has 5 nitrogen and oxygen atoms in total. The molecule has 1 aromatic rings. The van der Waals surface area contributed by atoms with Gasteiger partial charge in [0, 0.05) is 33.1 Å². The van der Waals surface area contributed by atoms with Crippen LogP contribution in [0.1, 0.15) is 37.7 Å². The van der Waals surface area contributed by atoms with Gasteiger partial charge in [-0.1, -0.05) is 36.8 Å². The number of ether oxygens (including phenoxy) is 1. The Hall–Kier alpha value is -2.04. The summed E-state index contributed by atoms with van der Waals surface area (Å²) in [6.45, 7) is 3.03. The van der Waals surface area contributed by atoms with E-state index in [0.717, 1.165) is 51.3 Å². The Morgan fingerprint density at radius 2 is 2.08 bits per heavy atom. The first kappa shape index (κ1) is 19.3. The molecule has 0 aliphatic carbocycles. The van der Waals surface area contributed by atoms with E-state index in [4.69, 9.17) is 0 Å². The minimum Gasteiger partial charge on any atom is -0.469 e. The molecule has 5 heteroatoms. The third-order valence-corrected chi connectivity index (χ3v) is 4.73. The largest absolute Gasteiger partial charge is 0.469 e. The Morgan fingerprint density at radius 3 is 2.80 bits per heavy atom. The zero-order valence-electron chi connectivity index (χ0n) is 15.5. The lowest BCUT2D eigenvalue weighted by Gasteiger charge is -2.21. The summed E-state index contributed by atoms with van der Waals surface area (Å²) >= 11 is 0. The molecule has 1 N–H and O–H groups in total. The van der Waals surface area contributed by atoms with E-state index in [1.54, 1.807) is 0 Å². The summed E-state index contributed by atoms with van der Waals surface area (Å²) in [4.78, 5) is 17.9. The molecule has 0 amide bonds. The Bertz CT molecular complexity index is 545. The highest BCUT2D eigenvalue weighted by Gasteiger charge is 2.24. The van der Waals surface area contributed by atoms with Crippen LogP contribution in [0.2, 0.25) is 0 Å². The number of nitrogens with one attached hydrogen (secondary N) is 1. The molecule has 0 aromatic heterocycles. The Balaban J connectivity index is 1.65. The van der Waals surface area contributed by atoms with E-state index >= 15 is 0 Å². The molecule has 1 heterocycles. The average molecular weight is 345 g/mol. The van der Waals surface area contributed by atoms with Crippen LogP contribution in [-0.2, 0) is 16.0 Å². The summed E-state index contributed by atoms with van der Waals surface area (Å²) in [6.07, 6.45) is 5.82. The van der Waals surface area contributed by atoms with Crippen molar-refractivity contribution in [2.45, 2.75) is 38.5 Å². The number of carbonyl (C=O) groups is 1. The molecular formula is C20H31N3O2. The second kappa shape index (κ2) is 10.7. The molecule has 0 bridgehead atoms. The normalized spacial score (nSPS) is 17.6. The van der Waals surface area contributed by atoms with Crippen LogP contribution in [-0.4, -0.2) is 50.6 Å². The fourth-order valence-electron chi connectivity index (χ4n) is 3.34. The summed E-state index contributed by atoms with van der Waals surface area (Å²) < 4.78 is 4.65. The molecule has 1 aromatic carbocycles. The van der Waals surface area contributed by atoms with Gasteiger partial charge in [0.2, 0.25) is 0 Å². The first-order valence-corrected chi connectivity index (χ1v) is 9.29. The van der Waals surface area contributed by atoms with Crippen LogP contribution in [0, 0.1) is 5.92 Å². The number of aliphatic imine (C=N–C) groups is 1. The zero-order valence-corrected chi connectivity index (χ0v) is 15.5. The molecule has 1 atom stereocenters. The van der Waals surface area contributed by atoms with Gasteiger partial charge in [0.15, 0.2) is 5.96 Å². The number of rotatable bonds is 8. The van der Waals surface area contributed by atoms with Crippen molar-refractivity contribution >= 4 is 11.9 Å². The summed E-state index contributed by atoms with van der Waals surface area (Å²) in [5.74, 6) is 1.58. The summed E-state index contributed by atoms with van der Waals surface area (Å²) in [5, 5.41) is 3.46. The standard InChI is InChI=1S/C20H31N3O2/c1-21-20(22-13-8-4-7-11-19(24)25-2)23-14-12-18(16-23)15-17-9-5-3-6-10-17/h3,5-6,9-10,18H,4,7-8,11-16H2,1-2H3,(H,21,22). The maximum absolute atomic E-state index is 11.1. The molecule has 1 fully saturated rings. The lowest BCUT2D eigenvalue weighted by Crippen LogP contribution is -2.40. The van der Waals surface area contributed by atoms with Crippen molar-refractivity contribution in [2.24, 2.45) is 10.9 Å². The molecular weight excluding hydrogens is 314 g/mol. The third kappa shape index (κ3) is 6.77. The molecule has 1 aliphatic heterocycles. The predicted octanol–water partition coefficient (Wildman–Crippen LogP) is 2.86. The average Bonchev–Trinajstić information content (AvgIpc) is 3.10. The van der Waals surface area contributed by atoms with E-state index in [1.807, 2.05) is 7.05 Å². The molecule has 0 saturated carbocycles. The van der Waals surface area contributed by atoms with E-state index < -0.39 is 0 Å². The quantitative estimate of drug-likeness (QED) is 0.341. The van der Waals surface area contributed by atoms with Crippen molar-refractivity contribution < 1.29 is 9.53 Å². The summed E-state index contributed by atoms with van der Waals surface area (Å²) in [5.41, 5.74) is 1.42. The minimum atomic E-state index is -0.120. The van der Waals surface area contributed by atoms with Crippen LogP contribution >= 0.6 is 0 Å². The number of esters is 1. The van der Waals surface area contributed by atoms with Crippen LogP contribution in [0.4, 0.5) is 0 Å². The Labute approximate surface area is 151 Å². The highest BCUT2D eigenvalue weighted by molar-refractivity contribution is 5.80. The monoisotopic (exact) mass is 345 g/mol. The number of guanidine groups is 1. The molecule has 1 unspecified atom stereocenters. The number of benzene rings is 1. The van der Waals surface area contributed by atoms with Crippen molar-refractivity contribution in [3.05, 3.63) is 35.9 Å². The number of methoxy groups -OCH3 is 1. The molecule has 1 aliphatic rings. The Morgan fingerprint density at radius 1 is 1.28 bits per heavy atom. The highest BCUT2D eigenvalue weighted by atomic mass is 16.5. The first-order chi connectivity index (χ1) is 12.2. The molecule has 1 saturated heterocycles. The van der Waals surface area contributed by atoms with Crippen LogP contribution in [0.3, 0.4) is 0 Å². The number of likely N-dealkylation sites (tertiary alicyclic amines) is 1. The van der Waals surface area contributed by atoms with Crippen LogP contribution in [0.15, 0.2) is 35.3 Å². The molecule has 2 rings (SSSR count). The number of hydrogen-bond donors (Lipinski definition) is 1.